The number of halogens is 1. The summed E-state index contributed by atoms with van der Waals surface area (Å²) in [4.78, 5) is 22.3. The van der Waals surface area contributed by atoms with Gasteiger partial charge in [0.25, 0.3) is 5.91 Å². The summed E-state index contributed by atoms with van der Waals surface area (Å²) in [6.45, 7) is 2.43. The number of benzene rings is 2. The Hall–Kier alpha value is -2.35. The number of aryl methyl sites for hydroxylation is 2. The number of rotatable bonds is 5. The molecule has 2 heterocycles. The van der Waals surface area contributed by atoms with Crippen LogP contribution in [-0.2, 0) is 12.8 Å². The average molecular weight is 473 g/mol. The summed E-state index contributed by atoms with van der Waals surface area (Å²) in [6, 6.07) is 10.1. The van der Waals surface area contributed by atoms with Gasteiger partial charge in [-0.05, 0) is 63.0 Å². The molecule has 32 heavy (non-hydrogen) atoms. The Morgan fingerprint density at radius 1 is 1.00 bits per heavy atom. The number of hydrogen-bond acceptors (Lipinski definition) is 6. The van der Waals surface area contributed by atoms with Crippen molar-refractivity contribution in [1.29, 1.82) is 0 Å². The maximum atomic E-state index is 13.6. The minimum Gasteiger partial charge on any atom is -1.00 e. The van der Waals surface area contributed by atoms with Crippen molar-refractivity contribution in [3.8, 4) is 11.5 Å². The van der Waals surface area contributed by atoms with Crippen LogP contribution in [0.1, 0.15) is 34.3 Å². The zero-order chi connectivity index (χ0) is 21.4. The SMILES string of the molecule is CN(C)CCN(C(=O)c1ccc2c(c1)CCCC2)c1nc2cc3c(cc2s1)OCCO3.[Cl-]. The second-order valence-corrected chi connectivity index (χ2v) is 9.42. The van der Waals surface area contributed by atoms with Crippen LogP contribution in [0, 0.1) is 0 Å². The van der Waals surface area contributed by atoms with E-state index >= 15 is 0 Å². The minimum absolute atomic E-state index is 0. The van der Waals surface area contributed by atoms with Crippen molar-refractivity contribution in [1.82, 2.24) is 9.88 Å². The Kier molecular flexibility index (Phi) is 6.88. The molecule has 1 aromatic heterocycles. The molecule has 0 saturated carbocycles. The maximum absolute atomic E-state index is 13.6. The zero-order valence-electron chi connectivity index (χ0n) is 18.4. The Bertz CT molecular complexity index is 1090. The number of ether oxygens (including phenoxy) is 2. The van der Waals surface area contributed by atoms with Crippen LogP contribution in [0.15, 0.2) is 30.3 Å². The maximum Gasteiger partial charge on any atom is 0.260 e. The molecule has 0 radical (unpaired) electrons. The van der Waals surface area contributed by atoms with Gasteiger partial charge in [-0.3, -0.25) is 9.69 Å². The van der Waals surface area contributed by atoms with Gasteiger partial charge in [0.1, 0.15) is 13.2 Å². The molecule has 170 valence electrons. The van der Waals surface area contributed by atoms with Crippen molar-refractivity contribution in [2.45, 2.75) is 25.7 Å². The lowest BCUT2D eigenvalue weighted by Crippen LogP contribution is -3.00. The van der Waals surface area contributed by atoms with E-state index in [0.717, 1.165) is 46.7 Å². The highest BCUT2D eigenvalue weighted by Crippen LogP contribution is 2.39. The number of aromatic nitrogens is 1. The fourth-order valence-corrected chi connectivity index (χ4v) is 5.17. The smallest absolute Gasteiger partial charge is 0.260 e. The minimum atomic E-state index is 0. The summed E-state index contributed by atoms with van der Waals surface area (Å²) in [5.41, 5.74) is 4.27. The molecular weight excluding hydrogens is 446 g/mol. The second kappa shape index (κ2) is 9.65. The van der Waals surface area contributed by atoms with E-state index in [1.165, 1.54) is 35.3 Å². The van der Waals surface area contributed by atoms with Crippen molar-refractivity contribution in [3.63, 3.8) is 0 Å². The Morgan fingerprint density at radius 2 is 1.72 bits per heavy atom. The fourth-order valence-electron chi connectivity index (χ4n) is 4.17. The van der Waals surface area contributed by atoms with E-state index < -0.39 is 0 Å². The van der Waals surface area contributed by atoms with Crippen LogP contribution in [0.2, 0.25) is 0 Å². The first-order chi connectivity index (χ1) is 15.1. The lowest BCUT2D eigenvalue weighted by atomic mass is 9.90. The largest absolute Gasteiger partial charge is 1.00 e. The number of carbonyl (C=O) groups excluding carboxylic acids is 1. The molecule has 1 amide bonds. The van der Waals surface area contributed by atoms with Crippen molar-refractivity contribution >= 4 is 32.6 Å². The highest BCUT2D eigenvalue weighted by Gasteiger charge is 2.24. The van der Waals surface area contributed by atoms with E-state index in [1.807, 2.05) is 37.2 Å². The van der Waals surface area contributed by atoms with Gasteiger partial charge in [0.2, 0.25) is 0 Å². The van der Waals surface area contributed by atoms with Crippen LogP contribution in [-0.4, -0.2) is 56.2 Å². The van der Waals surface area contributed by atoms with Crippen molar-refractivity contribution in [2.24, 2.45) is 0 Å². The van der Waals surface area contributed by atoms with E-state index in [0.29, 0.717) is 24.9 Å². The molecule has 2 aromatic carbocycles. The number of hydrogen-bond donors (Lipinski definition) is 0. The first-order valence-corrected chi connectivity index (χ1v) is 11.7. The Balaban J connectivity index is 0.00000245. The van der Waals surface area contributed by atoms with Gasteiger partial charge >= 0.3 is 0 Å². The van der Waals surface area contributed by atoms with E-state index in [4.69, 9.17) is 14.5 Å². The Labute approximate surface area is 198 Å². The summed E-state index contributed by atoms with van der Waals surface area (Å²) in [5, 5.41) is 0.710. The molecule has 1 aliphatic heterocycles. The summed E-state index contributed by atoms with van der Waals surface area (Å²) >= 11 is 1.52. The van der Waals surface area contributed by atoms with Gasteiger partial charge in [-0.15, -0.1) is 0 Å². The first-order valence-electron chi connectivity index (χ1n) is 10.9. The predicted octanol–water partition coefficient (Wildman–Crippen LogP) is 1.16. The van der Waals surface area contributed by atoms with E-state index in [1.54, 1.807) is 0 Å². The standard InChI is InChI=1S/C24H27N3O3S.ClH/c1-26(2)9-10-27(23(28)18-8-7-16-5-3-4-6-17(16)13-18)24-25-19-14-20-21(15-22(19)31-24)30-12-11-29-20;/h7-8,13-15H,3-6,9-12H2,1-2H3;1H/p-1. The predicted molar refractivity (Wildman–Crippen MR) is 124 cm³/mol. The van der Waals surface area contributed by atoms with Crippen molar-refractivity contribution < 1.29 is 26.7 Å². The molecule has 0 N–H and O–H groups in total. The lowest BCUT2D eigenvalue weighted by molar-refractivity contribution is -0.0000145. The van der Waals surface area contributed by atoms with Crippen LogP contribution in [0.5, 0.6) is 11.5 Å². The number of fused-ring (bicyclic) bond motifs is 3. The third-order valence-electron chi connectivity index (χ3n) is 5.88. The third kappa shape index (κ3) is 4.56. The van der Waals surface area contributed by atoms with E-state index in [-0.39, 0.29) is 18.3 Å². The molecule has 0 spiro atoms. The molecule has 0 saturated heterocycles. The van der Waals surface area contributed by atoms with Crippen LogP contribution in [0.25, 0.3) is 10.2 Å². The van der Waals surface area contributed by atoms with Crippen molar-refractivity contribution in [3.05, 3.63) is 47.0 Å². The molecule has 0 unspecified atom stereocenters. The van der Waals surface area contributed by atoms with Gasteiger partial charge in [-0.25, -0.2) is 4.98 Å². The number of amides is 1. The summed E-state index contributed by atoms with van der Waals surface area (Å²) < 4.78 is 12.4. The Morgan fingerprint density at radius 3 is 2.47 bits per heavy atom. The summed E-state index contributed by atoms with van der Waals surface area (Å²) in [7, 11) is 4.03. The lowest BCUT2D eigenvalue weighted by Gasteiger charge is -2.23. The van der Waals surface area contributed by atoms with Gasteiger partial charge in [-0.1, -0.05) is 17.4 Å². The van der Waals surface area contributed by atoms with Crippen LogP contribution in [0.3, 0.4) is 0 Å². The zero-order valence-corrected chi connectivity index (χ0v) is 20.0. The molecule has 5 rings (SSSR count). The summed E-state index contributed by atoms with van der Waals surface area (Å²) in [5.74, 6) is 1.47. The monoisotopic (exact) mass is 472 g/mol. The highest BCUT2D eigenvalue weighted by atomic mass is 35.5. The van der Waals surface area contributed by atoms with E-state index in [9.17, 15) is 4.79 Å². The molecule has 8 heteroatoms. The second-order valence-electron chi connectivity index (χ2n) is 8.41. The molecule has 0 fully saturated rings. The number of thiazole rings is 1. The molecule has 6 nitrogen and oxygen atoms in total. The molecular formula is C24H27ClN3O3S-. The van der Waals surface area contributed by atoms with Gasteiger partial charge in [-0.2, -0.15) is 0 Å². The number of nitrogens with zero attached hydrogens (tertiary/aromatic N) is 3. The topological polar surface area (TPSA) is 54.9 Å². The molecule has 3 aromatic rings. The fraction of sp³-hybridized carbons (Fsp3) is 0.417. The molecule has 2 aliphatic rings. The van der Waals surface area contributed by atoms with Gasteiger partial charge in [0.05, 0.1) is 10.2 Å². The summed E-state index contributed by atoms with van der Waals surface area (Å²) in [6.07, 6.45) is 4.60. The number of likely N-dealkylation sites (N-methyl/N-ethyl adjacent to an activating group) is 1. The first kappa shape index (κ1) is 22.8. The van der Waals surface area contributed by atoms with Gasteiger partial charge in [0, 0.05) is 30.8 Å². The average Bonchev–Trinajstić information content (AvgIpc) is 3.19. The quantitative estimate of drug-likeness (QED) is 0.558. The van der Waals surface area contributed by atoms with Gasteiger partial charge in [0.15, 0.2) is 16.6 Å². The normalized spacial score (nSPS) is 14.7. The van der Waals surface area contributed by atoms with Crippen LogP contribution < -0.4 is 26.8 Å². The molecule has 0 atom stereocenters. The van der Waals surface area contributed by atoms with E-state index in [2.05, 4.69) is 17.0 Å². The number of carbonyl (C=O) groups is 1. The highest BCUT2D eigenvalue weighted by molar-refractivity contribution is 7.22. The number of anilines is 1. The van der Waals surface area contributed by atoms with Crippen molar-refractivity contribution in [2.75, 3.05) is 45.3 Å². The molecule has 0 bridgehead atoms. The molecule has 1 aliphatic carbocycles. The van der Waals surface area contributed by atoms with Crippen LogP contribution >= 0.6 is 11.3 Å². The van der Waals surface area contributed by atoms with Crippen LogP contribution in [0.4, 0.5) is 5.13 Å². The van der Waals surface area contributed by atoms with Gasteiger partial charge < -0.3 is 26.8 Å². The third-order valence-corrected chi connectivity index (χ3v) is 6.92.